The average molecular weight is 347 g/mol. The van der Waals surface area contributed by atoms with Crippen LogP contribution in [-0.4, -0.2) is 32.7 Å². The summed E-state index contributed by atoms with van der Waals surface area (Å²) in [6.07, 6.45) is 9.77. The number of amides is 2. The molecule has 0 spiro atoms. The third-order valence-corrected chi connectivity index (χ3v) is 5.29. The number of aromatic amines is 1. The van der Waals surface area contributed by atoms with Crippen molar-refractivity contribution in [2.45, 2.75) is 52.1 Å². The Bertz CT molecular complexity index is 652. The van der Waals surface area contributed by atoms with Crippen molar-refractivity contribution in [2.75, 3.05) is 6.54 Å². The van der Waals surface area contributed by atoms with Crippen molar-refractivity contribution >= 4 is 17.4 Å². The summed E-state index contributed by atoms with van der Waals surface area (Å²) in [5, 5.41) is 11.1. The van der Waals surface area contributed by atoms with Gasteiger partial charge in [-0.2, -0.15) is 5.10 Å². The Morgan fingerprint density at radius 3 is 3.08 bits per heavy atom. The molecule has 2 amide bonds. The lowest BCUT2D eigenvalue weighted by molar-refractivity contribution is 0.151. The van der Waals surface area contributed by atoms with Crippen LogP contribution in [0.15, 0.2) is 18.6 Å². The predicted octanol–water partition coefficient (Wildman–Crippen LogP) is 3.50. The highest BCUT2D eigenvalue weighted by Crippen LogP contribution is 2.30. The van der Waals surface area contributed by atoms with Crippen LogP contribution in [0.3, 0.4) is 0 Å². The van der Waals surface area contributed by atoms with E-state index in [1.165, 1.54) is 0 Å². The lowest BCUT2D eigenvalue weighted by Crippen LogP contribution is -2.44. The summed E-state index contributed by atoms with van der Waals surface area (Å²) >= 11 is 1.69. The molecule has 130 valence electrons. The summed E-state index contributed by atoms with van der Waals surface area (Å²) < 4.78 is 0. The van der Waals surface area contributed by atoms with Gasteiger partial charge in [-0.15, -0.1) is 11.3 Å². The van der Waals surface area contributed by atoms with Gasteiger partial charge in [-0.3, -0.25) is 5.10 Å². The third-order valence-electron chi connectivity index (χ3n) is 4.27. The molecule has 1 saturated heterocycles. The molecule has 0 aromatic carbocycles. The fourth-order valence-corrected chi connectivity index (χ4v) is 4.18. The second kappa shape index (κ2) is 7.79. The summed E-state index contributed by atoms with van der Waals surface area (Å²) in [6.45, 7) is 5.72. The number of piperidine rings is 1. The van der Waals surface area contributed by atoms with E-state index in [2.05, 4.69) is 34.3 Å². The maximum Gasteiger partial charge on any atom is 0.318 e. The Labute approximate surface area is 146 Å². The largest absolute Gasteiger partial charge is 0.333 e. The van der Waals surface area contributed by atoms with Crippen molar-refractivity contribution in [3.8, 4) is 0 Å². The first kappa shape index (κ1) is 17.0. The number of urea groups is 1. The predicted molar refractivity (Wildman–Crippen MR) is 94.8 cm³/mol. The van der Waals surface area contributed by atoms with Crippen molar-refractivity contribution in [1.82, 2.24) is 25.4 Å². The van der Waals surface area contributed by atoms with Crippen LogP contribution in [0.1, 0.15) is 54.6 Å². The molecular formula is C17H25N5OS. The van der Waals surface area contributed by atoms with Crippen molar-refractivity contribution in [3.63, 3.8) is 0 Å². The minimum atomic E-state index is -0.000269. The Kier molecular flexibility index (Phi) is 5.50. The summed E-state index contributed by atoms with van der Waals surface area (Å²) in [5.74, 6) is 0.600. The zero-order valence-corrected chi connectivity index (χ0v) is 15.1. The first-order chi connectivity index (χ1) is 11.6. The summed E-state index contributed by atoms with van der Waals surface area (Å²) in [6, 6.07) is 0.121. The molecule has 2 N–H and O–H groups in total. The van der Waals surface area contributed by atoms with Crippen molar-refractivity contribution in [1.29, 1.82) is 0 Å². The molecule has 0 bridgehead atoms. The van der Waals surface area contributed by atoms with E-state index in [1.807, 2.05) is 23.5 Å². The molecule has 0 saturated carbocycles. The van der Waals surface area contributed by atoms with Crippen LogP contribution < -0.4 is 5.32 Å². The fraction of sp³-hybridized carbons (Fsp3) is 0.588. The van der Waals surface area contributed by atoms with Gasteiger partial charge in [0.15, 0.2) is 0 Å². The summed E-state index contributed by atoms with van der Waals surface area (Å²) in [5.41, 5.74) is 1.09. The standard InChI is InChI=1S/C17H25N5OS/c1-12(2)7-16-18-10-14(24-16)11-19-17(23)22-6-4-3-5-15(22)13-8-20-21-9-13/h8-10,12,15H,3-7,11H2,1-2H3,(H,19,23)(H,20,21)/t15-/m1/s1. The van der Waals surface area contributed by atoms with Crippen molar-refractivity contribution in [3.05, 3.63) is 34.0 Å². The highest BCUT2D eigenvalue weighted by atomic mass is 32.1. The van der Waals surface area contributed by atoms with E-state index in [0.717, 1.165) is 47.7 Å². The van der Waals surface area contributed by atoms with E-state index >= 15 is 0 Å². The van der Waals surface area contributed by atoms with Crippen molar-refractivity contribution < 1.29 is 4.79 Å². The van der Waals surface area contributed by atoms with E-state index in [0.29, 0.717) is 12.5 Å². The number of carbonyl (C=O) groups is 1. The number of aromatic nitrogens is 3. The highest BCUT2D eigenvalue weighted by molar-refractivity contribution is 7.11. The molecule has 0 unspecified atom stereocenters. The Morgan fingerprint density at radius 2 is 2.33 bits per heavy atom. The lowest BCUT2D eigenvalue weighted by Gasteiger charge is -2.35. The maximum atomic E-state index is 12.6. The van der Waals surface area contributed by atoms with Crippen LogP contribution >= 0.6 is 11.3 Å². The van der Waals surface area contributed by atoms with Crippen LogP contribution in [0.25, 0.3) is 0 Å². The summed E-state index contributed by atoms with van der Waals surface area (Å²) in [4.78, 5) is 20.1. The first-order valence-corrected chi connectivity index (χ1v) is 9.42. The van der Waals surface area contributed by atoms with Crippen LogP contribution in [-0.2, 0) is 13.0 Å². The molecule has 24 heavy (non-hydrogen) atoms. The molecule has 7 heteroatoms. The van der Waals surface area contributed by atoms with Gasteiger partial charge >= 0.3 is 6.03 Å². The zero-order chi connectivity index (χ0) is 16.9. The Morgan fingerprint density at radius 1 is 1.46 bits per heavy atom. The number of hydrogen-bond donors (Lipinski definition) is 2. The number of rotatable bonds is 5. The highest BCUT2D eigenvalue weighted by Gasteiger charge is 2.28. The number of carbonyl (C=O) groups excluding carboxylic acids is 1. The van der Waals surface area contributed by atoms with Crippen LogP contribution in [0.5, 0.6) is 0 Å². The van der Waals surface area contributed by atoms with Gasteiger partial charge in [0.05, 0.1) is 23.8 Å². The zero-order valence-electron chi connectivity index (χ0n) is 14.3. The lowest BCUT2D eigenvalue weighted by atomic mass is 9.98. The van der Waals surface area contributed by atoms with Gasteiger partial charge in [-0.05, 0) is 25.2 Å². The number of hydrogen-bond acceptors (Lipinski definition) is 4. The molecule has 3 heterocycles. The smallest absolute Gasteiger partial charge is 0.318 e. The van der Waals surface area contributed by atoms with Crippen LogP contribution in [0, 0.1) is 5.92 Å². The number of H-pyrrole nitrogens is 1. The van der Waals surface area contributed by atoms with E-state index in [-0.39, 0.29) is 12.1 Å². The molecule has 0 radical (unpaired) electrons. The molecule has 1 aliphatic rings. The van der Waals surface area contributed by atoms with Gasteiger partial charge < -0.3 is 10.2 Å². The van der Waals surface area contributed by atoms with Crippen LogP contribution in [0.4, 0.5) is 4.79 Å². The molecule has 2 aromatic heterocycles. The fourth-order valence-electron chi connectivity index (χ4n) is 3.10. The SMILES string of the molecule is CC(C)Cc1ncc(CNC(=O)N2CCCC[C@@H]2c2cn[nH]c2)s1. The first-order valence-electron chi connectivity index (χ1n) is 8.60. The van der Waals surface area contributed by atoms with Gasteiger partial charge in [0, 0.05) is 35.8 Å². The molecule has 1 fully saturated rings. The number of thiazole rings is 1. The van der Waals surface area contributed by atoms with Gasteiger partial charge in [0.2, 0.25) is 0 Å². The monoisotopic (exact) mass is 347 g/mol. The molecule has 3 rings (SSSR count). The molecule has 6 nitrogen and oxygen atoms in total. The number of likely N-dealkylation sites (tertiary alicyclic amines) is 1. The Hall–Kier alpha value is -1.89. The van der Waals surface area contributed by atoms with Crippen LogP contribution in [0.2, 0.25) is 0 Å². The second-order valence-electron chi connectivity index (χ2n) is 6.71. The average Bonchev–Trinajstić information content (AvgIpc) is 3.24. The van der Waals surface area contributed by atoms with Gasteiger partial charge in [0.1, 0.15) is 0 Å². The molecular weight excluding hydrogens is 322 g/mol. The van der Waals surface area contributed by atoms with E-state index in [4.69, 9.17) is 0 Å². The van der Waals surface area contributed by atoms with Gasteiger partial charge in [0.25, 0.3) is 0 Å². The topological polar surface area (TPSA) is 73.9 Å². The summed E-state index contributed by atoms with van der Waals surface area (Å²) in [7, 11) is 0. The van der Waals surface area contributed by atoms with Gasteiger partial charge in [-0.25, -0.2) is 9.78 Å². The third kappa shape index (κ3) is 4.14. The number of nitrogens with one attached hydrogen (secondary N) is 2. The molecule has 1 aliphatic heterocycles. The molecule has 1 atom stereocenters. The van der Waals surface area contributed by atoms with E-state index in [9.17, 15) is 4.79 Å². The Balaban J connectivity index is 1.58. The van der Waals surface area contributed by atoms with E-state index < -0.39 is 0 Å². The minimum absolute atomic E-state index is 0.000269. The normalized spacial score (nSPS) is 18.1. The molecule has 0 aliphatic carbocycles. The maximum absolute atomic E-state index is 12.6. The number of nitrogens with zero attached hydrogens (tertiary/aromatic N) is 3. The van der Waals surface area contributed by atoms with Crippen molar-refractivity contribution in [2.24, 2.45) is 5.92 Å². The quantitative estimate of drug-likeness (QED) is 0.869. The minimum Gasteiger partial charge on any atom is -0.333 e. The second-order valence-corrected chi connectivity index (χ2v) is 7.91. The van der Waals surface area contributed by atoms with E-state index in [1.54, 1.807) is 11.3 Å². The molecule has 2 aromatic rings. The van der Waals surface area contributed by atoms with Gasteiger partial charge in [-0.1, -0.05) is 13.8 Å².